The molecule has 2 aromatic carbocycles. The highest BCUT2D eigenvalue weighted by atomic mass is 35.5. The van der Waals surface area contributed by atoms with Crippen molar-refractivity contribution in [2.24, 2.45) is 5.92 Å². The molecule has 2 aliphatic carbocycles. The number of thioether (sulfide) groups is 1. The van der Waals surface area contributed by atoms with Crippen LogP contribution >= 0.6 is 46.3 Å². The monoisotopic (exact) mass is 913 g/mol. The Morgan fingerprint density at radius 2 is 1.52 bits per heavy atom. The number of hydrogen-bond acceptors (Lipinski definition) is 13. The van der Waals surface area contributed by atoms with Crippen LogP contribution in [0.5, 0.6) is 11.5 Å². The summed E-state index contributed by atoms with van der Waals surface area (Å²) in [7, 11) is -4.24. The fourth-order valence-corrected chi connectivity index (χ4v) is 10.6. The molecule has 0 saturated heterocycles. The van der Waals surface area contributed by atoms with Gasteiger partial charge in [-0.25, -0.2) is 16.8 Å². The van der Waals surface area contributed by atoms with Gasteiger partial charge in [-0.3, -0.25) is 19.0 Å². The van der Waals surface area contributed by atoms with E-state index in [1.165, 1.54) is 5.57 Å². The molecule has 312 valence electrons. The molecule has 2 heterocycles. The maximum absolute atomic E-state index is 12.0. The summed E-state index contributed by atoms with van der Waals surface area (Å²) in [5, 5.41) is 2.83. The number of nitrogens with one attached hydrogen (secondary N) is 2. The predicted octanol–water partition coefficient (Wildman–Crippen LogP) is 5.59. The lowest BCUT2D eigenvalue weighted by molar-refractivity contribution is -0.670. The molecule has 0 saturated carbocycles. The number of aromatic nitrogens is 1. The van der Waals surface area contributed by atoms with Crippen molar-refractivity contribution in [3.05, 3.63) is 79.3 Å². The Bertz CT molecular complexity index is 2460. The van der Waals surface area contributed by atoms with Crippen LogP contribution in [0.1, 0.15) is 30.7 Å². The first kappa shape index (κ1) is 43.9. The van der Waals surface area contributed by atoms with Crippen LogP contribution in [0.3, 0.4) is 0 Å². The second kappa shape index (κ2) is 18.8. The van der Waals surface area contributed by atoms with Crippen molar-refractivity contribution < 1.29 is 49.9 Å². The van der Waals surface area contributed by atoms with Gasteiger partial charge < -0.3 is 23.8 Å². The Kier molecular flexibility index (Phi) is 14.2. The standard InChI is InChI=1S/C38H42Cl2N4O10S4/c1-51-31-19-33-29(17-27(31)39)43(9-11-53-21-35(45)41-57(3,47)48)37(55-33)15-23-5-7-25-8-6-24(14-26(25)13-23)16-38-44(10-12-54-22-36(46)42-58(4,49)50)30-18-28(40)32(52-2)20-34(30)56-38/h13-20,25H,5-12,21-22H2,1-4H3,(H-,41,42,45,46)/p+1. The van der Waals surface area contributed by atoms with Gasteiger partial charge in [-0.1, -0.05) is 58.5 Å². The van der Waals surface area contributed by atoms with Gasteiger partial charge in [-0.15, -0.1) is 0 Å². The highest BCUT2D eigenvalue weighted by Gasteiger charge is 2.30. The Balaban J connectivity index is 1.24. The number of amides is 2. The van der Waals surface area contributed by atoms with E-state index in [1.807, 2.05) is 33.7 Å². The summed E-state index contributed by atoms with van der Waals surface area (Å²) in [6, 6.07) is 7.49. The van der Waals surface area contributed by atoms with Crippen molar-refractivity contribution in [2.75, 3.05) is 64.6 Å². The average molecular weight is 915 g/mol. The number of anilines is 1. The molecule has 6 rings (SSSR count). The van der Waals surface area contributed by atoms with E-state index in [0.29, 0.717) is 40.6 Å². The average Bonchev–Trinajstić information content (AvgIpc) is 3.64. The number of benzene rings is 2. The first-order valence-electron chi connectivity index (χ1n) is 18.0. The molecule has 1 aromatic heterocycles. The number of hydrogen-bond donors (Lipinski definition) is 2. The largest absolute Gasteiger partial charge is 0.495 e. The summed E-state index contributed by atoms with van der Waals surface area (Å²) in [5.41, 5.74) is 5.31. The third-order valence-corrected chi connectivity index (χ3v) is 13.3. The molecular weight excluding hydrogens is 872 g/mol. The van der Waals surface area contributed by atoms with Crippen molar-refractivity contribution in [3.8, 4) is 11.5 Å². The van der Waals surface area contributed by atoms with E-state index in [4.69, 9.17) is 42.1 Å². The topological polar surface area (TPSA) is 171 Å². The highest BCUT2D eigenvalue weighted by molar-refractivity contribution is 8.03. The van der Waals surface area contributed by atoms with Crippen LogP contribution in [0.15, 0.2) is 69.1 Å². The summed E-state index contributed by atoms with van der Waals surface area (Å²) in [6.45, 7) is 0.278. The smallest absolute Gasteiger partial charge is 0.263 e. The van der Waals surface area contributed by atoms with Gasteiger partial charge in [0.1, 0.15) is 36.0 Å². The molecule has 14 nitrogen and oxygen atoms in total. The maximum Gasteiger partial charge on any atom is 0.263 e. The molecule has 1 atom stereocenters. The van der Waals surface area contributed by atoms with E-state index in [2.05, 4.69) is 33.8 Å². The number of allylic oxidation sites excluding steroid dienone is 6. The summed E-state index contributed by atoms with van der Waals surface area (Å²) < 4.78 is 74.6. The van der Waals surface area contributed by atoms with Crippen LogP contribution in [-0.2, 0) is 45.7 Å². The van der Waals surface area contributed by atoms with E-state index in [-0.39, 0.29) is 13.2 Å². The fraction of sp³-hybridized carbons (Fsp3) is 0.395. The van der Waals surface area contributed by atoms with Gasteiger partial charge in [-0.2, -0.15) is 4.57 Å². The highest BCUT2D eigenvalue weighted by Crippen LogP contribution is 2.50. The number of thiazole rings is 1. The quantitative estimate of drug-likeness (QED) is 0.135. The lowest BCUT2D eigenvalue weighted by Gasteiger charge is -2.28. The SMILES string of the molecule is COc1cc2c(cc1Cl)N(CCOCC(=O)NS(C)(=O)=O)/C(=C/C1=CC3=C/C(=C/c4sc5cc(OC)c(Cl)cc5[n+]4CCOCC(=O)NS(C)(=O)=O)CCC3CC1)S2. The molecule has 3 aliphatic rings. The van der Waals surface area contributed by atoms with Gasteiger partial charge in [0.2, 0.25) is 25.6 Å². The van der Waals surface area contributed by atoms with Gasteiger partial charge in [0.15, 0.2) is 6.54 Å². The first-order chi connectivity index (χ1) is 27.5. The van der Waals surface area contributed by atoms with E-state index < -0.39 is 45.1 Å². The third-order valence-electron chi connectivity index (χ3n) is 9.35. The lowest BCUT2D eigenvalue weighted by Crippen LogP contribution is -2.38. The predicted molar refractivity (Wildman–Crippen MR) is 227 cm³/mol. The van der Waals surface area contributed by atoms with Crippen molar-refractivity contribution >= 4 is 100 Å². The van der Waals surface area contributed by atoms with Crippen molar-refractivity contribution in [1.29, 1.82) is 0 Å². The van der Waals surface area contributed by atoms with E-state index in [0.717, 1.165) is 80.2 Å². The van der Waals surface area contributed by atoms with Gasteiger partial charge in [-0.05, 0) is 66.5 Å². The van der Waals surface area contributed by atoms with E-state index in [9.17, 15) is 26.4 Å². The van der Waals surface area contributed by atoms with Crippen LogP contribution in [0.25, 0.3) is 16.3 Å². The summed E-state index contributed by atoms with van der Waals surface area (Å²) in [4.78, 5) is 27.0. The minimum absolute atomic E-state index is 0.153. The minimum atomic E-state index is -3.69. The van der Waals surface area contributed by atoms with Crippen LogP contribution < -0.4 is 28.4 Å². The van der Waals surface area contributed by atoms with Crippen molar-refractivity contribution in [2.45, 2.75) is 37.1 Å². The van der Waals surface area contributed by atoms with Crippen LogP contribution in [0, 0.1) is 5.92 Å². The number of carbonyl (C=O) groups is 2. The number of sulfonamides is 2. The van der Waals surface area contributed by atoms with Crippen LogP contribution in [0.4, 0.5) is 5.69 Å². The number of methoxy groups -OCH3 is 2. The normalized spacial score (nSPS) is 18.2. The van der Waals surface area contributed by atoms with Crippen molar-refractivity contribution in [1.82, 2.24) is 9.44 Å². The molecule has 0 radical (unpaired) electrons. The number of ether oxygens (including phenoxy) is 4. The zero-order chi connectivity index (χ0) is 41.8. The molecule has 0 fully saturated rings. The maximum atomic E-state index is 12.0. The molecule has 1 unspecified atom stereocenters. The Labute approximate surface area is 355 Å². The van der Waals surface area contributed by atoms with Gasteiger partial charge in [0.25, 0.3) is 16.8 Å². The molecule has 58 heavy (non-hydrogen) atoms. The fourth-order valence-electron chi connectivity index (χ4n) is 6.86. The third kappa shape index (κ3) is 11.3. The molecule has 20 heteroatoms. The zero-order valence-corrected chi connectivity index (χ0v) is 36.9. The number of nitrogens with zero attached hydrogens (tertiary/aromatic N) is 2. The second-order valence-electron chi connectivity index (χ2n) is 13.8. The zero-order valence-electron chi connectivity index (χ0n) is 32.1. The molecule has 2 N–H and O–H groups in total. The molecule has 1 aliphatic heterocycles. The van der Waals surface area contributed by atoms with E-state index >= 15 is 0 Å². The number of halogens is 2. The van der Waals surface area contributed by atoms with Crippen LogP contribution in [-0.4, -0.2) is 88.4 Å². The van der Waals surface area contributed by atoms with Gasteiger partial charge in [0, 0.05) is 29.6 Å². The van der Waals surface area contributed by atoms with Gasteiger partial charge >= 0.3 is 0 Å². The summed E-state index contributed by atoms with van der Waals surface area (Å²) >= 11 is 16.3. The van der Waals surface area contributed by atoms with Crippen molar-refractivity contribution in [3.63, 3.8) is 0 Å². The van der Waals surface area contributed by atoms with Gasteiger partial charge in [0.05, 0.1) is 54.1 Å². The molecule has 0 bridgehead atoms. The Morgan fingerprint density at radius 3 is 2.19 bits per heavy atom. The Hall–Kier alpha value is -3.62. The van der Waals surface area contributed by atoms with Crippen LogP contribution in [0.2, 0.25) is 10.0 Å². The molecule has 2 amide bonds. The number of rotatable bonds is 16. The Morgan fingerprint density at radius 1 is 0.879 bits per heavy atom. The number of carbonyl (C=O) groups excluding carboxylic acids is 2. The molecule has 3 aromatic rings. The lowest BCUT2D eigenvalue weighted by atomic mass is 9.77. The second-order valence-corrected chi connectivity index (χ2v) is 20.2. The van der Waals surface area contributed by atoms with E-state index in [1.54, 1.807) is 37.3 Å². The first-order valence-corrected chi connectivity index (χ1v) is 24.2. The minimum Gasteiger partial charge on any atom is -0.495 e. The molecule has 0 spiro atoms. The molecular formula is C38H43Cl2N4O10S4+. The summed E-state index contributed by atoms with van der Waals surface area (Å²) in [6.07, 6.45) is 14.5. The number of fused-ring (bicyclic) bond motifs is 3. The summed E-state index contributed by atoms with van der Waals surface area (Å²) in [5.74, 6) is 0.0477.